The van der Waals surface area contributed by atoms with Crippen molar-refractivity contribution in [3.63, 3.8) is 0 Å². The second-order valence-electron chi connectivity index (χ2n) is 7.50. The van der Waals surface area contributed by atoms with Crippen LogP contribution in [0.5, 0.6) is 0 Å². The number of quaternary nitrogens is 1. The SMILES string of the molecule is O=C(CC[NH+]1CCCCC1)NNC(=O)Cc1coc2ccc3ccccc3c12. The molecule has 0 radical (unpaired) electrons. The highest BCUT2D eigenvalue weighted by molar-refractivity contribution is 6.08. The van der Waals surface area contributed by atoms with E-state index in [0.717, 1.165) is 46.9 Å². The van der Waals surface area contributed by atoms with Gasteiger partial charge in [-0.25, -0.2) is 0 Å². The Morgan fingerprint density at radius 1 is 0.964 bits per heavy atom. The van der Waals surface area contributed by atoms with Crippen molar-refractivity contribution in [3.8, 4) is 0 Å². The summed E-state index contributed by atoms with van der Waals surface area (Å²) in [6.45, 7) is 3.10. The second kappa shape index (κ2) is 8.44. The maximum Gasteiger partial charge on any atom is 0.244 e. The fourth-order valence-corrected chi connectivity index (χ4v) is 4.02. The van der Waals surface area contributed by atoms with Gasteiger partial charge in [0.15, 0.2) is 0 Å². The molecular formula is C22H26N3O3+. The molecule has 0 atom stereocenters. The van der Waals surface area contributed by atoms with Crippen LogP contribution in [0.3, 0.4) is 0 Å². The van der Waals surface area contributed by atoms with Gasteiger partial charge in [-0.1, -0.05) is 30.3 Å². The maximum atomic E-state index is 12.3. The van der Waals surface area contributed by atoms with E-state index in [9.17, 15) is 9.59 Å². The minimum atomic E-state index is -0.255. The van der Waals surface area contributed by atoms with E-state index in [-0.39, 0.29) is 18.2 Å². The van der Waals surface area contributed by atoms with Gasteiger partial charge in [-0.15, -0.1) is 0 Å². The zero-order chi connectivity index (χ0) is 19.3. The van der Waals surface area contributed by atoms with Gasteiger partial charge in [-0.3, -0.25) is 20.4 Å². The number of furan rings is 1. The third-order valence-corrected chi connectivity index (χ3v) is 5.50. The molecule has 0 unspecified atom stereocenters. The summed E-state index contributed by atoms with van der Waals surface area (Å²) in [5, 5.41) is 3.12. The number of likely N-dealkylation sites (tertiary alicyclic amines) is 1. The second-order valence-corrected chi connectivity index (χ2v) is 7.50. The first kappa shape index (κ1) is 18.5. The molecule has 6 heteroatoms. The van der Waals surface area contributed by atoms with Gasteiger partial charge in [0, 0.05) is 10.9 Å². The molecule has 6 nitrogen and oxygen atoms in total. The maximum absolute atomic E-state index is 12.3. The Bertz CT molecular complexity index is 989. The lowest BCUT2D eigenvalue weighted by molar-refractivity contribution is -0.904. The van der Waals surface area contributed by atoms with Crippen molar-refractivity contribution < 1.29 is 18.9 Å². The Balaban J connectivity index is 1.34. The molecule has 0 saturated carbocycles. The van der Waals surface area contributed by atoms with Crippen LogP contribution in [0.15, 0.2) is 47.1 Å². The fraction of sp³-hybridized carbons (Fsp3) is 0.364. The lowest BCUT2D eigenvalue weighted by Crippen LogP contribution is -3.12. The van der Waals surface area contributed by atoms with Gasteiger partial charge in [0.25, 0.3) is 0 Å². The van der Waals surface area contributed by atoms with Crippen LogP contribution in [0.2, 0.25) is 0 Å². The van der Waals surface area contributed by atoms with E-state index < -0.39 is 0 Å². The number of carbonyl (C=O) groups is 2. The topological polar surface area (TPSA) is 75.8 Å². The number of benzene rings is 2. The van der Waals surface area contributed by atoms with Crippen LogP contribution in [-0.4, -0.2) is 31.4 Å². The highest BCUT2D eigenvalue weighted by Crippen LogP contribution is 2.29. The number of amides is 2. The quantitative estimate of drug-likeness (QED) is 0.590. The summed E-state index contributed by atoms with van der Waals surface area (Å²) >= 11 is 0. The average molecular weight is 380 g/mol. The van der Waals surface area contributed by atoms with Crippen molar-refractivity contribution in [3.05, 3.63) is 48.2 Å². The summed E-state index contributed by atoms with van der Waals surface area (Å²) in [4.78, 5) is 25.8. The number of hydrazine groups is 1. The predicted molar refractivity (Wildman–Crippen MR) is 108 cm³/mol. The van der Waals surface area contributed by atoms with E-state index >= 15 is 0 Å². The van der Waals surface area contributed by atoms with Crippen molar-refractivity contribution >= 4 is 33.6 Å². The predicted octanol–water partition coefficient (Wildman–Crippen LogP) is 1.73. The molecule has 3 N–H and O–H groups in total. The number of piperidine rings is 1. The highest BCUT2D eigenvalue weighted by Gasteiger charge is 2.16. The molecule has 1 aliphatic rings. The van der Waals surface area contributed by atoms with E-state index in [4.69, 9.17) is 4.42 Å². The van der Waals surface area contributed by atoms with Gasteiger partial charge in [0.05, 0.1) is 38.7 Å². The molecule has 1 aromatic heterocycles. The summed E-state index contributed by atoms with van der Waals surface area (Å²) < 4.78 is 5.62. The molecule has 1 aliphatic heterocycles. The summed E-state index contributed by atoms with van der Waals surface area (Å²) in [7, 11) is 0. The van der Waals surface area contributed by atoms with E-state index in [0.29, 0.717) is 6.42 Å². The van der Waals surface area contributed by atoms with Crippen LogP contribution in [0.1, 0.15) is 31.2 Å². The van der Waals surface area contributed by atoms with E-state index in [1.165, 1.54) is 24.2 Å². The number of fused-ring (bicyclic) bond motifs is 3. The van der Waals surface area contributed by atoms with Gasteiger partial charge in [-0.05, 0) is 36.1 Å². The number of carbonyl (C=O) groups excluding carboxylic acids is 2. The van der Waals surface area contributed by atoms with Crippen LogP contribution in [0.25, 0.3) is 21.7 Å². The van der Waals surface area contributed by atoms with Crippen LogP contribution < -0.4 is 15.8 Å². The van der Waals surface area contributed by atoms with Crippen LogP contribution in [0, 0.1) is 0 Å². The van der Waals surface area contributed by atoms with Crippen molar-refractivity contribution in [2.45, 2.75) is 32.1 Å². The summed E-state index contributed by atoms with van der Waals surface area (Å²) in [6, 6.07) is 12.0. The molecule has 1 fully saturated rings. The smallest absolute Gasteiger partial charge is 0.244 e. The average Bonchev–Trinajstić information content (AvgIpc) is 3.14. The number of hydrogen-bond acceptors (Lipinski definition) is 3. The minimum absolute atomic E-state index is 0.145. The first-order valence-corrected chi connectivity index (χ1v) is 10.00. The lowest BCUT2D eigenvalue weighted by Gasteiger charge is -2.23. The Labute approximate surface area is 163 Å². The molecule has 0 aliphatic carbocycles. The first-order chi connectivity index (χ1) is 13.7. The van der Waals surface area contributed by atoms with Crippen molar-refractivity contribution in [2.24, 2.45) is 0 Å². The standard InChI is InChI=1S/C22H25N3O3/c26-20(10-13-25-11-4-1-5-12-25)23-24-21(27)14-17-15-28-19-9-8-16-6-2-3-7-18(16)22(17)19/h2-3,6-9,15H,1,4-5,10-14H2,(H,23,26)(H,24,27)/p+1. The Morgan fingerprint density at radius 3 is 2.61 bits per heavy atom. The molecule has 146 valence electrons. The van der Waals surface area contributed by atoms with Crippen LogP contribution in [0.4, 0.5) is 0 Å². The fourth-order valence-electron chi connectivity index (χ4n) is 4.02. The number of nitrogens with one attached hydrogen (secondary N) is 3. The molecule has 2 amide bonds. The molecule has 4 rings (SSSR count). The molecule has 28 heavy (non-hydrogen) atoms. The summed E-state index contributed by atoms with van der Waals surface area (Å²) in [5.74, 6) is -0.400. The van der Waals surface area contributed by atoms with Gasteiger partial charge in [-0.2, -0.15) is 0 Å². The van der Waals surface area contributed by atoms with Crippen molar-refractivity contribution in [1.82, 2.24) is 10.9 Å². The van der Waals surface area contributed by atoms with Gasteiger partial charge in [0.2, 0.25) is 11.8 Å². The highest BCUT2D eigenvalue weighted by atomic mass is 16.3. The normalized spacial score (nSPS) is 15.0. The Morgan fingerprint density at radius 2 is 1.75 bits per heavy atom. The zero-order valence-corrected chi connectivity index (χ0v) is 15.9. The van der Waals surface area contributed by atoms with Crippen LogP contribution >= 0.6 is 0 Å². The van der Waals surface area contributed by atoms with Crippen LogP contribution in [-0.2, 0) is 16.0 Å². The molecule has 2 heterocycles. The van der Waals surface area contributed by atoms with Crippen molar-refractivity contribution in [1.29, 1.82) is 0 Å². The van der Waals surface area contributed by atoms with Gasteiger partial charge in [0.1, 0.15) is 5.58 Å². The van der Waals surface area contributed by atoms with E-state index in [1.807, 2.05) is 36.4 Å². The van der Waals surface area contributed by atoms with E-state index in [2.05, 4.69) is 10.9 Å². The Hall–Kier alpha value is -2.86. The molecule has 0 spiro atoms. The third kappa shape index (κ3) is 4.17. The summed E-state index contributed by atoms with van der Waals surface area (Å²) in [6.07, 6.45) is 5.97. The van der Waals surface area contributed by atoms with Crippen molar-refractivity contribution in [2.75, 3.05) is 19.6 Å². The molecule has 1 saturated heterocycles. The molecule has 2 aromatic carbocycles. The van der Waals surface area contributed by atoms with Gasteiger partial charge >= 0.3 is 0 Å². The molecular weight excluding hydrogens is 354 g/mol. The number of hydrogen-bond donors (Lipinski definition) is 3. The zero-order valence-electron chi connectivity index (χ0n) is 15.9. The monoisotopic (exact) mass is 380 g/mol. The molecule has 0 bridgehead atoms. The lowest BCUT2D eigenvalue weighted by atomic mass is 10.0. The Kier molecular flexibility index (Phi) is 5.58. The first-order valence-electron chi connectivity index (χ1n) is 10.00. The third-order valence-electron chi connectivity index (χ3n) is 5.50. The number of rotatable bonds is 5. The van der Waals surface area contributed by atoms with Gasteiger partial charge < -0.3 is 9.32 Å². The van der Waals surface area contributed by atoms with E-state index in [1.54, 1.807) is 6.26 Å². The minimum Gasteiger partial charge on any atom is -0.464 e. The molecule has 3 aromatic rings. The summed E-state index contributed by atoms with van der Waals surface area (Å²) in [5.41, 5.74) is 6.64. The largest absolute Gasteiger partial charge is 0.464 e.